The van der Waals surface area contributed by atoms with Gasteiger partial charge >= 0.3 is 0 Å². The number of aromatic nitrogens is 1. The molecule has 226 valence electrons. The van der Waals surface area contributed by atoms with E-state index < -0.39 is 12.2 Å². The fourth-order valence-corrected chi connectivity index (χ4v) is 6.64. The lowest BCUT2D eigenvalue weighted by Crippen LogP contribution is -2.35. The fraction of sp³-hybridized carbons (Fsp3) is 0.485. The first-order valence-electron chi connectivity index (χ1n) is 14.7. The minimum absolute atomic E-state index is 0.0487. The molecule has 2 unspecified atom stereocenters. The Hall–Kier alpha value is -3.37. The third kappa shape index (κ3) is 6.20. The summed E-state index contributed by atoms with van der Waals surface area (Å²) in [6, 6.07) is 17.3. The normalized spacial score (nSPS) is 20.8. The second kappa shape index (κ2) is 13.7. The summed E-state index contributed by atoms with van der Waals surface area (Å²) >= 11 is 0. The fourth-order valence-electron chi connectivity index (χ4n) is 6.64. The number of rotatable bonds is 12. The predicted octanol–water partition coefficient (Wildman–Crippen LogP) is 4.51. The number of aliphatic hydroxyl groups is 2. The number of aliphatic hydroxyl groups excluding tert-OH is 2. The third-order valence-electron chi connectivity index (χ3n) is 8.66. The minimum Gasteiger partial charge on any atom is -0.493 e. The number of methoxy groups -OCH3 is 4. The Morgan fingerprint density at radius 1 is 0.667 bits per heavy atom. The van der Waals surface area contributed by atoms with Crippen LogP contribution in [0, 0.1) is 0 Å². The standard InChI is InChI=1S/C33H43N3O6/c1-39-28-16-6-12-24(32(28)41-3)30(37)26-14-8-18-35(26)20-22-10-5-11-23(34-22)21-36-19-9-15-27(36)31(38)25-13-7-17-29(40-2)33(25)42-4/h5-7,10-13,16-17,26-27,30-31,37-38H,8-9,14-15,18-21H2,1-4H3/t26-,27-,30?,31?/m0/s1. The molecule has 0 radical (unpaired) electrons. The maximum atomic E-state index is 11.4. The zero-order chi connectivity index (χ0) is 29.6. The summed E-state index contributed by atoms with van der Waals surface area (Å²) in [7, 11) is 6.42. The number of pyridine rings is 1. The molecule has 2 aliphatic rings. The highest BCUT2D eigenvalue weighted by Gasteiger charge is 2.35. The summed E-state index contributed by atoms with van der Waals surface area (Å²) in [4.78, 5) is 9.64. The van der Waals surface area contributed by atoms with Crippen LogP contribution in [0.25, 0.3) is 0 Å². The van der Waals surface area contributed by atoms with Crippen LogP contribution in [0.5, 0.6) is 23.0 Å². The van der Waals surface area contributed by atoms with Gasteiger partial charge in [-0.3, -0.25) is 14.8 Å². The average Bonchev–Trinajstić information content (AvgIpc) is 3.69. The van der Waals surface area contributed by atoms with E-state index in [2.05, 4.69) is 28.0 Å². The molecule has 0 saturated carbocycles. The van der Waals surface area contributed by atoms with Crippen molar-refractivity contribution in [1.29, 1.82) is 0 Å². The van der Waals surface area contributed by atoms with Gasteiger partial charge in [-0.1, -0.05) is 30.3 Å². The van der Waals surface area contributed by atoms with Crippen LogP contribution in [-0.4, -0.2) is 78.6 Å². The van der Waals surface area contributed by atoms with Crippen LogP contribution < -0.4 is 18.9 Å². The lowest BCUT2D eigenvalue weighted by Gasteiger charge is -2.30. The van der Waals surface area contributed by atoms with Gasteiger partial charge in [0, 0.05) is 36.3 Å². The van der Waals surface area contributed by atoms with Gasteiger partial charge in [-0.15, -0.1) is 0 Å². The summed E-state index contributed by atoms with van der Waals surface area (Å²) in [6.45, 7) is 3.08. The largest absolute Gasteiger partial charge is 0.493 e. The van der Waals surface area contributed by atoms with Crippen molar-refractivity contribution in [2.24, 2.45) is 0 Å². The van der Waals surface area contributed by atoms with Crippen molar-refractivity contribution in [2.45, 2.75) is 63.1 Å². The monoisotopic (exact) mass is 577 g/mol. The van der Waals surface area contributed by atoms with Crippen molar-refractivity contribution in [3.63, 3.8) is 0 Å². The Morgan fingerprint density at radius 2 is 1.10 bits per heavy atom. The molecule has 9 heteroatoms. The number of hydrogen-bond donors (Lipinski definition) is 2. The zero-order valence-electron chi connectivity index (χ0n) is 25.0. The number of hydrogen-bond acceptors (Lipinski definition) is 9. The Balaban J connectivity index is 1.28. The lowest BCUT2D eigenvalue weighted by atomic mass is 9.98. The minimum atomic E-state index is -0.707. The van der Waals surface area contributed by atoms with Crippen molar-refractivity contribution < 1.29 is 29.2 Å². The molecule has 2 saturated heterocycles. The van der Waals surface area contributed by atoms with Gasteiger partial charge in [-0.05, 0) is 63.0 Å². The summed E-state index contributed by atoms with van der Waals surface area (Å²) in [5.41, 5.74) is 3.41. The topological polar surface area (TPSA) is 96.8 Å². The molecule has 2 aromatic carbocycles. The first-order valence-corrected chi connectivity index (χ1v) is 14.7. The van der Waals surface area contributed by atoms with Gasteiger partial charge in [-0.25, -0.2) is 0 Å². The molecule has 42 heavy (non-hydrogen) atoms. The van der Waals surface area contributed by atoms with Crippen LogP contribution in [0.15, 0.2) is 54.6 Å². The van der Waals surface area contributed by atoms with Gasteiger partial charge in [0.15, 0.2) is 23.0 Å². The predicted molar refractivity (Wildman–Crippen MR) is 160 cm³/mol. The van der Waals surface area contributed by atoms with Crippen molar-refractivity contribution in [3.8, 4) is 23.0 Å². The molecule has 2 fully saturated rings. The van der Waals surface area contributed by atoms with E-state index in [9.17, 15) is 10.2 Å². The van der Waals surface area contributed by atoms with E-state index >= 15 is 0 Å². The molecule has 9 nitrogen and oxygen atoms in total. The molecule has 0 bridgehead atoms. The van der Waals surface area contributed by atoms with Gasteiger partial charge in [0.1, 0.15) is 0 Å². The van der Waals surface area contributed by atoms with Crippen LogP contribution in [0.2, 0.25) is 0 Å². The second-order valence-electron chi connectivity index (χ2n) is 11.0. The van der Waals surface area contributed by atoms with Gasteiger partial charge in [0.25, 0.3) is 0 Å². The summed E-state index contributed by atoms with van der Waals surface area (Å²) < 4.78 is 22.1. The van der Waals surface area contributed by atoms with Gasteiger partial charge in [0.2, 0.25) is 0 Å². The summed E-state index contributed by atoms with van der Waals surface area (Å²) in [5.74, 6) is 2.38. The third-order valence-corrected chi connectivity index (χ3v) is 8.66. The number of benzene rings is 2. The molecular formula is C33H43N3O6. The number of para-hydroxylation sites is 2. The Labute approximate surface area is 248 Å². The van der Waals surface area contributed by atoms with Crippen LogP contribution in [0.1, 0.15) is 60.4 Å². The summed E-state index contributed by atoms with van der Waals surface area (Å²) in [5, 5.41) is 22.9. The zero-order valence-corrected chi connectivity index (χ0v) is 25.0. The highest BCUT2D eigenvalue weighted by Crippen LogP contribution is 2.41. The number of nitrogens with zero attached hydrogens (tertiary/aromatic N) is 3. The number of likely N-dealkylation sites (tertiary alicyclic amines) is 2. The van der Waals surface area contributed by atoms with Crippen LogP contribution >= 0.6 is 0 Å². The summed E-state index contributed by atoms with van der Waals surface area (Å²) in [6.07, 6.45) is 2.39. The molecular weight excluding hydrogens is 534 g/mol. The highest BCUT2D eigenvalue weighted by atomic mass is 16.5. The molecule has 4 atom stereocenters. The molecule has 0 amide bonds. The quantitative estimate of drug-likeness (QED) is 0.322. The first-order chi connectivity index (χ1) is 20.5. The van der Waals surface area contributed by atoms with E-state index in [0.717, 1.165) is 61.3 Å². The van der Waals surface area contributed by atoms with Crippen LogP contribution in [-0.2, 0) is 13.1 Å². The lowest BCUT2D eigenvalue weighted by molar-refractivity contribution is 0.0646. The maximum absolute atomic E-state index is 11.4. The maximum Gasteiger partial charge on any atom is 0.166 e. The van der Waals surface area contributed by atoms with Crippen LogP contribution in [0.3, 0.4) is 0 Å². The molecule has 0 spiro atoms. The van der Waals surface area contributed by atoms with Crippen molar-refractivity contribution in [2.75, 3.05) is 41.5 Å². The molecule has 0 aliphatic carbocycles. The van der Waals surface area contributed by atoms with E-state index in [4.69, 9.17) is 23.9 Å². The Morgan fingerprint density at radius 3 is 1.50 bits per heavy atom. The van der Waals surface area contributed by atoms with E-state index in [0.29, 0.717) is 36.1 Å². The van der Waals surface area contributed by atoms with Crippen molar-refractivity contribution in [1.82, 2.24) is 14.8 Å². The van der Waals surface area contributed by atoms with Crippen LogP contribution in [0.4, 0.5) is 0 Å². The Bertz CT molecular complexity index is 1240. The van der Waals surface area contributed by atoms with E-state index in [1.165, 1.54) is 0 Å². The van der Waals surface area contributed by atoms with Gasteiger partial charge < -0.3 is 29.2 Å². The average molecular weight is 578 g/mol. The SMILES string of the molecule is COc1cccc(C(O)[C@@H]2CCCN2Cc2cccc(CN3CCC[C@H]3C(O)c3cccc(OC)c3OC)n2)c1OC. The molecule has 1 aromatic heterocycles. The Kier molecular flexibility index (Phi) is 9.84. The first kappa shape index (κ1) is 30.1. The molecule has 2 N–H and O–H groups in total. The van der Waals surface area contributed by atoms with Gasteiger partial charge in [0.05, 0.1) is 52.0 Å². The van der Waals surface area contributed by atoms with E-state index in [1.807, 2.05) is 36.4 Å². The highest BCUT2D eigenvalue weighted by molar-refractivity contribution is 5.49. The number of ether oxygens (including phenoxy) is 4. The van der Waals surface area contributed by atoms with E-state index in [-0.39, 0.29) is 12.1 Å². The van der Waals surface area contributed by atoms with Gasteiger partial charge in [-0.2, -0.15) is 0 Å². The van der Waals surface area contributed by atoms with Crippen molar-refractivity contribution >= 4 is 0 Å². The molecule has 2 aliphatic heterocycles. The van der Waals surface area contributed by atoms with E-state index in [1.54, 1.807) is 28.4 Å². The second-order valence-corrected chi connectivity index (χ2v) is 11.0. The molecule has 3 aromatic rings. The smallest absolute Gasteiger partial charge is 0.166 e. The molecule has 3 heterocycles. The van der Waals surface area contributed by atoms with Crippen molar-refractivity contribution in [3.05, 3.63) is 77.1 Å². The molecule has 5 rings (SSSR count).